The molecule has 2 aromatic carbocycles. The molecule has 0 aliphatic heterocycles. The third kappa shape index (κ3) is 4.12. The molecule has 20 heavy (non-hydrogen) atoms. The predicted octanol–water partition coefficient (Wildman–Crippen LogP) is 4.61. The zero-order chi connectivity index (χ0) is 14.8. The quantitative estimate of drug-likeness (QED) is 0.710. The molecule has 0 fully saturated rings. The number of halogens is 3. The minimum absolute atomic E-state index is 0.0184. The van der Waals surface area contributed by atoms with Gasteiger partial charge in [0.2, 0.25) is 0 Å². The minimum atomic E-state index is -3.74. The minimum Gasteiger partial charge on any atom is -0.488 e. The lowest BCUT2D eigenvalue weighted by Crippen LogP contribution is -1.97. The van der Waals surface area contributed by atoms with Crippen molar-refractivity contribution >= 4 is 47.3 Å². The van der Waals surface area contributed by atoms with Crippen molar-refractivity contribution in [2.75, 3.05) is 0 Å². The second kappa shape index (κ2) is 6.35. The maximum Gasteiger partial charge on any atom is 0.261 e. The molecule has 106 valence electrons. The molecule has 0 unspecified atom stereocenters. The Morgan fingerprint density at radius 3 is 2.30 bits per heavy atom. The van der Waals surface area contributed by atoms with Crippen LogP contribution in [0.15, 0.2) is 51.8 Å². The van der Waals surface area contributed by atoms with Crippen LogP contribution in [0.5, 0.6) is 5.75 Å². The number of benzene rings is 2. The molecule has 7 heteroatoms. The molecule has 0 N–H and O–H groups in total. The van der Waals surface area contributed by atoms with Gasteiger partial charge in [-0.05, 0) is 51.8 Å². The monoisotopic (exact) mass is 394 g/mol. The van der Waals surface area contributed by atoms with Gasteiger partial charge in [-0.25, -0.2) is 8.42 Å². The Morgan fingerprint density at radius 2 is 1.75 bits per heavy atom. The maximum atomic E-state index is 11.2. The highest BCUT2D eigenvalue weighted by molar-refractivity contribution is 9.10. The van der Waals surface area contributed by atoms with Gasteiger partial charge in [-0.1, -0.05) is 23.7 Å². The van der Waals surface area contributed by atoms with Gasteiger partial charge in [-0.2, -0.15) is 0 Å². The van der Waals surface area contributed by atoms with E-state index in [-0.39, 0.29) is 4.90 Å². The molecule has 0 bridgehead atoms. The Kier molecular flexibility index (Phi) is 4.96. The summed E-state index contributed by atoms with van der Waals surface area (Å²) in [6.07, 6.45) is 0. The summed E-state index contributed by atoms with van der Waals surface area (Å²) in [6.45, 7) is 0.350. The first-order valence-electron chi connectivity index (χ1n) is 5.48. The van der Waals surface area contributed by atoms with E-state index in [9.17, 15) is 8.42 Å². The van der Waals surface area contributed by atoms with Crippen LogP contribution in [0.1, 0.15) is 5.56 Å². The highest BCUT2D eigenvalue weighted by Crippen LogP contribution is 2.29. The highest BCUT2D eigenvalue weighted by Gasteiger charge is 2.12. The van der Waals surface area contributed by atoms with E-state index in [1.807, 2.05) is 12.1 Å². The SMILES string of the molecule is O=S(=O)(Cl)c1ccc(OCc2ccc(Cl)cc2)c(Br)c1. The van der Waals surface area contributed by atoms with E-state index in [0.717, 1.165) is 5.56 Å². The fraction of sp³-hybridized carbons (Fsp3) is 0.0769. The summed E-state index contributed by atoms with van der Waals surface area (Å²) in [7, 11) is 1.53. The van der Waals surface area contributed by atoms with Gasteiger partial charge in [0.25, 0.3) is 9.05 Å². The van der Waals surface area contributed by atoms with Crippen LogP contribution in [0.25, 0.3) is 0 Å². The molecule has 0 aliphatic carbocycles. The normalized spacial score (nSPS) is 11.3. The van der Waals surface area contributed by atoms with Crippen LogP contribution < -0.4 is 4.74 Å². The molecule has 0 atom stereocenters. The van der Waals surface area contributed by atoms with Crippen LogP contribution >= 0.6 is 38.2 Å². The molecular weight excluding hydrogens is 387 g/mol. The van der Waals surface area contributed by atoms with E-state index in [4.69, 9.17) is 27.0 Å². The molecule has 0 saturated carbocycles. The van der Waals surface area contributed by atoms with Crippen LogP contribution in [0.4, 0.5) is 0 Å². The molecule has 2 rings (SSSR count). The molecule has 0 amide bonds. The lowest BCUT2D eigenvalue weighted by molar-refractivity contribution is 0.304. The summed E-state index contributed by atoms with van der Waals surface area (Å²) in [6, 6.07) is 11.6. The lowest BCUT2D eigenvalue weighted by atomic mass is 10.2. The summed E-state index contributed by atoms with van der Waals surface area (Å²) in [5.41, 5.74) is 0.954. The van der Waals surface area contributed by atoms with Gasteiger partial charge in [-0.15, -0.1) is 0 Å². The van der Waals surface area contributed by atoms with Crippen molar-refractivity contribution in [3.8, 4) is 5.75 Å². The smallest absolute Gasteiger partial charge is 0.261 e. The van der Waals surface area contributed by atoms with Crippen molar-refractivity contribution in [3.63, 3.8) is 0 Å². The zero-order valence-corrected chi connectivity index (χ0v) is 13.9. The van der Waals surface area contributed by atoms with Gasteiger partial charge in [0, 0.05) is 15.7 Å². The molecule has 0 radical (unpaired) electrons. The molecule has 0 spiro atoms. The van der Waals surface area contributed by atoms with Crippen LogP contribution in [0.2, 0.25) is 5.02 Å². The molecule has 0 aromatic heterocycles. The number of rotatable bonds is 4. The fourth-order valence-corrected chi connectivity index (χ4v) is 3.04. The maximum absolute atomic E-state index is 11.2. The molecule has 0 aliphatic rings. The van der Waals surface area contributed by atoms with Crippen LogP contribution in [-0.4, -0.2) is 8.42 Å². The Labute approximate surface area is 135 Å². The average Bonchev–Trinajstić information content (AvgIpc) is 2.38. The van der Waals surface area contributed by atoms with Crippen molar-refractivity contribution in [3.05, 3.63) is 57.5 Å². The van der Waals surface area contributed by atoms with Crippen LogP contribution in [-0.2, 0) is 15.7 Å². The van der Waals surface area contributed by atoms with E-state index in [1.165, 1.54) is 12.1 Å². The van der Waals surface area contributed by atoms with Crippen molar-refractivity contribution < 1.29 is 13.2 Å². The van der Waals surface area contributed by atoms with Gasteiger partial charge >= 0.3 is 0 Å². The van der Waals surface area contributed by atoms with Gasteiger partial charge in [0.05, 0.1) is 9.37 Å². The van der Waals surface area contributed by atoms with Crippen molar-refractivity contribution in [2.45, 2.75) is 11.5 Å². The largest absolute Gasteiger partial charge is 0.488 e. The summed E-state index contributed by atoms with van der Waals surface area (Å²) < 4.78 is 28.5. The highest BCUT2D eigenvalue weighted by atomic mass is 79.9. The number of ether oxygens (including phenoxy) is 1. The summed E-state index contributed by atoms with van der Waals surface area (Å²) >= 11 is 9.05. The molecule has 0 saturated heterocycles. The summed E-state index contributed by atoms with van der Waals surface area (Å²) in [5.74, 6) is 0.531. The Morgan fingerprint density at radius 1 is 1.10 bits per heavy atom. The number of hydrogen-bond acceptors (Lipinski definition) is 3. The van der Waals surface area contributed by atoms with Gasteiger partial charge < -0.3 is 4.74 Å². The fourth-order valence-electron chi connectivity index (χ4n) is 1.49. The average molecular weight is 396 g/mol. The third-order valence-electron chi connectivity index (χ3n) is 2.49. The first-order valence-corrected chi connectivity index (χ1v) is 8.96. The standard InChI is InChI=1S/C13H9BrCl2O3S/c14-12-7-11(20(16,17)18)5-6-13(12)19-8-9-1-3-10(15)4-2-9/h1-7H,8H2. The summed E-state index contributed by atoms with van der Waals surface area (Å²) in [4.78, 5) is 0.0184. The van der Waals surface area contributed by atoms with E-state index in [1.54, 1.807) is 18.2 Å². The van der Waals surface area contributed by atoms with Crippen LogP contribution in [0, 0.1) is 0 Å². The molecular formula is C13H9BrCl2O3S. The van der Waals surface area contributed by atoms with Gasteiger partial charge in [0.1, 0.15) is 12.4 Å². The third-order valence-corrected chi connectivity index (χ3v) is 4.72. The number of hydrogen-bond donors (Lipinski definition) is 0. The van der Waals surface area contributed by atoms with Crippen molar-refractivity contribution in [1.29, 1.82) is 0 Å². The Hall–Kier alpha value is -0.750. The Bertz CT molecular complexity index is 715. The first-order chi connectivity index (χ1) is 9.36. The van der Waals surface area contributed by atoms with Gasteiger partial charge in [0.15, 0.2) is 0 Å². The Balaban J connectivity index is 2.12. The van der Waals surface area contributed by atoms with Crippen LogP contribution in [0.3, 0.4) is 0 Å². The van der Waals surface area contributed by atoms with Gasteiger partial charge in [-0.3, -0.25) is 0 Å². The topological polar surface area (TPSA) is 43.4 Å². The van der Waals surface area contributed by atoms with E-state index in [2.05, 4.69) is 15.9 Å². The summed E-state index contributed by atoms with van der Waals surface area (Å²) in [5, 5.41) is 0.659. The predicted molar refractivity (Wildman–Crippen MR) is 83.0 cm³/mol. The lowest BCUT2D eigenvalue weighted by Gasteiger charge is -2.09. The zero-order valence-electron chi connectivity index (χ0n) is 10.0. The van der Waals surface area contributed by atoms with E-state index in [0.29, 0.717) is 21.9 Å². The molecule has 2 aromatic rings. The van der Waals surface area contributed by atoms with E-state index < -0.39 is 9.05 Å². The second-order valence-electron chi connectivity index (χ2n) is 3.95. The van der Waals surface area contributed by atoms with Crippen molar-refractivity contribution in [1.82, 2.24) is 0 Å². The van der Waals surface area contributed by atoms with E-state index >= 15 is 0 Å². The second-order valence-corrected chi connectivity index (χ2v) is 7.80. The first kappa shape index (κ1) is 15.6. The molecule has 3 nitrogen and oxygen atoms in total. The molecule has 0 heterocycles. The van der Waals surface area contributed by atoms with Crippen molar-refractivity contribution in [2.24, 2.45) is 0 Å².